The third kappa shape index (κ3) is 0.761. The van der Waals surface area contributed by atoms with Crippen LogP contribution < -0.4 is 5.43 Å². The molecule has 1 unspecified atom stereocenters. The molecule has 0 saturated carbocycles. The van der Waals surface area contributed by atoms with Crippen LogP contribution >= 0.6 is 0 Å². The molecule has 2 heterocycles. The lowest BCUT2D eigenvalue weighted by Gasteiger charge is -2.19. The van der Waals surface area contributed by atoms with Crippen molar-refractivity contribution in [3.8, 4) is 0 Å². The van der Waals surface area contributed by atoms with Gasteiger partial charge in [0.05, 0.1) is 11.9 Å². The summed E-state index contributed by atoms with van der Waals surface area (Å²) in [6.45, 7) is 3.21. The minimum atomic E-state index is 0.700. The van der Waals surface area contributed by atoms with Crippen LogP contribution in [0.1, 0.15) is 12.6 Å². The molecule has 1 atom stereocenters. The van der Waals surface area contributed by atoms with E-state index >= 15 is 0 Å². The molecule has 0 fully saturated rings. The van der Waals surface area contributed by atoms with Crippen LogP contribution in [-0.2, 0) is 6.42 Å². The highest BCUT2D eigenvalue weighted by molar-refractivity contribution is 5.01. The number of hydrogen-bond acceptors (Lipinski definition) is 3. The van der Waals surface area contributed by atoms with Crippen molar-refractivity contribution in [1.29, 1.82) is 0 Å². The average molecular weight is 138 g/mol. The molecule has 4 heteroatoms. The van der Waals surface area contributed by atoms with Crippen molar-refractivity contribution in [1.82, 2.24) is 15.1 Å². The summed E-state index contributed by atoms with van der Waals surface area (Å²) >= 11 is 0. The predicted molar refractivity (Wildman–Crippen MR) is 37.1 cm³/mol. The van der Waals surface area contributed by atoms with Crippen LogP contribution in [0.2, 0.25) is 0 Å². The first-order chi connectivity index (χ1) is 4.86. The van der Waals surface area contributed by atoms with E-state index in [9.17, 15) is 0 Å². The summed E-state index contributed by atoms with van der Waals surface area (Å²) in [5.41, 5.74) is 4.31. The monoisotopic (exact) mass is 138 g/mol. The van der Waals surface area contributed by atoms with Gasteiger partial charge in [-0.15, -0.1) is 5.10 Å². The van der Waals surface area contributed by atoms with Gasteiger partial charge in [0, 0.05) is 6.54 Å². The highest BCUT2D eigenvalue weighted by Crippen LogP contribution is 2.09. The Balaban J connectivity index is 2.30. The molecule has 0 bridgehead atoms. The van der Waals surface area contributed by atoms with Crippen molar-refractivity contribution >= 4 is 0 Å². The van der Waals surface area contributed by atoms with E-state index in [2.05, 4.69) is 22.7 Å². The van der Waals surface area contributed by atoms with Gasteiger partial charge >= 0.3 is 0 Å². The quantitative estimate of drug-likeness (QED) is 0.549. The first kappa shape index (κ1) is 5.70. The maximum atomic E-state index is 3.85. The molecule has 0 aromatic carbocycles. The van der Waals surface area contributed by atoms with Gasteiger partial charge in [-0.25, -0.2) is 0 Å². The van der Waals surface area contributed by atoms with E-state index in [0.29, 0.717) is 5.92 Å². The lowest BCUT2D eigenvalue weighted by Crippen LogP contribution is -2.30. The van der Waals surface area contributed by atoms with Gasteiger partial charge in [-0.1, -0.05) is 6.92 Å². The molecule has 1 aromatic rings. The van der Waals surface area contributed by atoms with Crippen molar-refractivity contribution in [3.05, 3.63) is 11.9 Å². The second-order valence-electron chi connectivity index (χ2n) is 2.81. The van der Waals surface area contributed by atoms with Crippen molar-refractivity contribution in [2.75, 3.05) is 12.0 Å². The van der Waals surface area contributed by atoms with Crippen LogP contribution in [-0.4, -0.2) is 21.6 Å². The van der Waals surface area contributed by atoms with E-state index in [1.807, 2.05) is 6.20 Å². The molecule has 2 rings (SSSR count). The fraction of sp³-hybridized carbons (Fsp3) is 0.667. The molecule has 10 heavy (non-hydrogen) atoms. The summed E-state index contributed by atoms with van der Waals surface area (Å²) in [6, 6.07) is 0. The van der Waals surface area contributed by atoms with Gasteiger partial charge in [0.15, 0.2) is 0 Å². The van der Waals surface area contributed by atoms with Crippen LogP contribution in [0.5, 0.6) is 0 Å². The van der Waals surface area contributed by atoms with Crippen molar-refractivity contribution in [2.24, 2.45) is 5.92 Å². The highest BCUT2D eigenvalue weighted by Gasteiger charge is 2.14. The van der Waals surface area contributed by atoms with E-state index in [1.54, 1.807) is 4.79 Å². The number of fused-ring (bicyclic) bond motifs is 1. The van der Waals surface area contributed by atoms with Gasteiger partial charge in [-0.3, -0.25) is 0 Å². The second kappa shape index (κ2) is 1.97. The van der Waals surface area contributed by atoms with Crippen LogP contribution in [0, 0.1) is 5.92 Å². The number of hydrogen-bond donors (Lipinski definition) is 1. The third-order valence-electron chi connectivity index (χ3n) is 1.77. The number of aromatic nitrogens is 3. The van der Waals surface area contributed by atoms with Crippen LogP contribution in [0.3, 0.4) is 0 Å². The fourth-order valence-electron chi connectivity index (χ4n) is 1.20. The highest BCUT2D eigenvalue weighted by atomic mass is 15.6. The van der Waals surface area contributed by atoms with Gasteiger partial charge in [0.25, 0.3) is 0 Å². The summed E-state index contributed by atoms with van der Waals surface area (Å²) in [7, 11) is 0. The normalized spacial score (nSPS) is 23.5. The second-order valence-corrected chi connectivity index (χ2v) is 2.81. The smallest absolute Gasteiger partial charge is 0.0826 e. The molecule has 1 aliphatic rings. The Kier molecular flexibility index (Phi) is 1.12. The summed E-state index contributed by atoms with van der Waals surface area (Å²) in [5.74, 6) is 0.700. The lowest BCUT2D eigenvalue weighted by molar-refractivity contribution is 0.488. The van der Waals surface area contributed by atoms with Crippen molar-refractivity contribution < 1.29 is 0 Å². The molecule has 1 N–H and O–H groups in total. The topological polar surface area (TPSA) is 42.7 Å². The number of rotatable bonds is 0. The van der Waals surface area contributed by atoms with E-state index in [-0.39, 0.29) is 0 Å². The fourth-order valence-corrected chi connectivity index (χ4v) is 1.20. The molecule has 4 nitrogen and oxygen atoms in total. The van der Waals surface area contributed by atoms with E-state index < -0.39 is 0 Å². The molecule has 0 amide bonds. The van der Waals surface area contributed by atoms with E-state index in [4.69, 9.17) is 0 Å². The van der Waals surface area contributed by atoms with Gasteiger partial charge in [-0.2, -0.15) is 4.79 Å². The largest absolute Gasteiger partial charge is 0.308 e. The molecular weight excluding hydrogens is 128 g/mol. The van der Waals surface area contributed by atoms with Crippen LogP contribution in [0.25, 0.3) is 0 Å². The molecule has 0 saturated heterocycles. The van der Waals surface area contributed by atoms with Gasteiger partial charge in [0.2, 0.25) is 0 Å². The standard InChI is InChI=1S/C6H10N4/c1-5-2-6-4-7-9-10(6)8-3-5/h4-5,8H,2-3H2,1H3. The van der Waals surface area contributed by atoms with Crippen molar-refractivity contribution in [3.63, 3.8) is 0 Å². The van der Waals surface area contributed by atoms with Gasteiger partial charge < -0.3 is 5.43 Å². The Morgan fingerprint density at radius 1 is 1.80 bits per heavy atom. The summed E-state index contributed by atoms with van der Waals surface area (Å²) in [6.07, 6.45) is 2.89. The zero-order valence-corrected chi connectivity index (χ0v) is 5.91. The van der Waals surface area contributed by atoms with Gasteiger partial charge in [0.1, 0.15) is 0 Å². The molecule has 0 aliphatic carbocycles. The molecule has 1 aliphatic heterocycles. The molecule has 54 valence electrons. The molecule has 0 radical (unpaired) electrons. The first-order valence-corrected chi connectivity index (χ1v) is 3.50. The zero-order chi connectivity index (χ0) is 6.97. The van der Waals surface area contributed by atoms with E-state index in [0.717, 1.165) is 13.0 Å². The maximum absolute atomic E-state index is 3.85. The number of nitrogens with zero attached hydrogens (tertiary/aromatic N) is 3. The summed E-state index contributed by atoms with van der Waals surface area (Å²) < 4.78 is 0. The summed E-state index contributed by atoms with van der Waals surface area (Å²) in [4.78, 5) is 1.75. The van der Waals surface area contributed by atoms with Crippen molar-refractivity contribution in [2.45, 2.75) is 13.3 Å². The molecule has 0 spiro atoms. The molecular formula is C6H10N4. The molecule has 1 aromatic heterocycles. The maximum Gasteiger partial charge on any atom is 0.0826 e. The number of nitrogens with one attached hydrogen (secondary N) is 1. The first-order valence-electron chi connectivity index (χ1n) is 3.50. The Morgan fingerprint density at radius 2 is 2.70 bits per heavy atom. The minimum Gasteiger partial charge on any atom is -0.308 e. The Bertz CT molecular complexity index is 229. The minimum absolute atomic E-state index is 0.700. The van der Waals surface area contributed by atoms with Crippen LogP contribution in [0.4, 0.5) is 0 Å². The Hall–Kier alpha value is -1.06. The Labute approximate surface area is 59.2 Å². The zero-order valence-electron chi connectivity index (χ0n) is 5.91. The van der Waals surface area contributed by atoms with Gasteiger partial charge in [-0.05, 0) is 17.6 Å². The average Bonchev–Trinajstić information content (AvgIpc) is 2.33. The third-order valence-corrected chi connectivity index (χ3v) is 1.77. The SMILES string of the molecule is CC1CNn2nncc2C1. The van der Waals surface area contributed by atoms with Crippen LogP contribution in [0.15, 0.2) is 6.20 Å². The predicted octanol–water partition coefficient (Wildman–Crippen LogP) is 0.0138. The Morgan fingerprint density at radius 3 is 3.60 bits per heavy atom. The lowest BCUT2D eigenvalue weighted by atomic mass is 10.1. The van der Waals surface area contributed by atoms with E-state index in [1.165, 1.54) is 5.69 Å². The summed E-state index contributed by atoms with van der Waals surface area (Å²) in [5, 5.41) is 7.64.